The second-order valence-corrected chi connectivity index (χ2v) is 9.39. The Morgan fingerprint density at radius 1 is 1.00 bits per heavy atom. The summed E-state index contributed by atoms with van der Waals surface area (Å²) in [4.78, 5) is 0. The van der Waals surface area contributed by atoms with Crippen LogP contribution in [0.25, 0.3) is 0 Å². The molecule has 0 radical (unpaired) electrons. The SMILES string of the molecule is CC(C)(C)S(=O)OC12CC3CC(CC(C3)C1)C2. The van der Waals surface area contributed by atoms with Gasteiger partial charge in [-0.05, 0) is 77.0 Å². The van der Waals surface area contributed by atoms with E-state index in [9.17, 15) is 4.21 Å². The highest BCUT2D eigenvalue weighted by Crippen LogP contribution is 2.57. The molecule has 0 N–H and O–H groups in total. The van der Waals surface area contributed by atoms with E-state index >= 15 is 0 Å². The molecule has 0 amide bonds. The third-order valence-corrected chi connectivity index (χ3v) is 6.24. The summed E-state index contributed by atoms with van der Waals surface area (Å²) >= 11 is -1.15. The van der Waals surface area contributed by atoms with Gasteiger partial charge in [-0.15, -0.1) is 0 Å². The van der Waals surface area contributed by atoms with Crippen LogP contribution < -0.4 is 0 Å². The number of hydrogen-bond donors (Lipinski definition) is 0. The first kappa shape index (κ1) is 12.2. The molecular formula is C14H24O2S. The van der Waals surface area contributed by atoms with Gasteiger partial charge in [-0.1, -0.05) is 0 Å². The Balaban J connectivity index is 1.76. The normalized spacial score (nSPS) is 46.2. The van der Waals surface area contributed by atoms with Gasteiger partial charge in [0.1, 0.15) is 0 Å². The van der Waals surface area contributed by atoms with E-state index in [0.29, 0.717) is 0 Å². The van der Waals surface area contributed by atoms with E-state index in [-0.39, 0.29) is 10.3 Å². The minimum atomic E-state index is -1.15. The Morgan fingerprint density at radius 2 is 1.41 bits per heavy atom. The highest BCUT2D eigenvalue weighted by Gasteiger charge is 2.53. The molecule has 0 aromatic heterocycles. The molecule has 0 aliphatic heterocycles. The van der Waals surface area contributed by atoms with Crippen LogP contribution in [0.3, 0.4) is 0 Å². The predicted octanol–water partition coefficient (Wildman–Crippen LogP) is 3.43. The summed E-state index contributed by atoms with van der Waals surface area (Å²) in [5.74, 6) is 2.58. The van der Waals surface area contributed by atoms with E-state index in [1.54, 1.807) is 0 Å². The monoisotopic (exact) mass is 256 g/mol. The molecule has 0 aromatic carbocycles. The van der Waals surface area contributed by atoms with Crippen molar-refractivity contribution in [2.45, 2.75) is 69.6 Å². The van der Waals surface area contributed by atoms with Crippen LogP contribution >= 0.6 is 0 Å². The van der Waals surface area contributed by atoms with Crippen molar-refractivity contribution in [2.75, 3.05) is 0 Å². The third kappa shape index (κ3) is 2.21. The van der Waals surface area contributed by atoms with Crippen molar-refractivity contribution in [1.82, 2.24) is 0 Å². The van der Waals surface area contributed by atoms with Gasteiger partial charge < -0.3 is 0 Å². The maximum Gasteiger partial charge on any atom is 0.161 e. The topological polar surface area (TPSA) is 26.3 Å². The maximum atomic E-state index is 12.2. The zero-order valence-electron chi connectivity index (χ0n) is 11.2. The van der Waals surface area contributed by atoms with Crippen LogP contribution in [0.1, 0.15) is 59.3 Å². The second kappa shape index (κ2) is 3.80. The van der Waals surface area contributed by atoms with Crippen molar-refractivity contribution in [3.05, 3.63) is 0 Å². The molecule has 4 bridgehead atoms. The van der Waals surface area contributed by atoms with Crippen LogP contribution in [0.5, 0.6) is 0 Å². The smallest absolute Gasteiger partial charge is 0.161 e. The molecule has 2 nitrogen and oxygen atoms in total. The molecule has 0 heterocycles. The summed E-state index contributed by atoms with van der Waals surface area (Å²) in [5.41, 5.74) is -0.0209. The lowest BCUT2D eigenvalue weighted by Crippen LogP contribution is -2.53. The van der Waals surface area contributed by atoms with Crippen molar-refractivity contribution >= 4 is 11.1 Å². The van der Waals surface area contributed by atoms with Gasteiger partial charge >= 0.3 is 0 Å². The molecular weight excluding hydrogens is 232 g/mol. The average molecular weight is 256 g/mol. The standard InChI is InChI=1S/C14H24O2S/c1-13(2,3)17(15)16-14-7-10-4-11(8-14)6-12(5-10)9-14/h10-12H,4-9H2,1-3H3. The molecule has 17 heavy (non-hydrogen) atoms. The Labute approximate surface area is 107 Å². The Hall–Kier alpha value is 0.110. The zero-order valence-corrected chi connectivity index (χ0v) is 12.0. The van der Waals surface area contributed by atoms with E-state index in [1.165, 1.54) is 38.5 Å². The molecule has 0 spiro atoms. The predicted molar refractivity (Wildman–Crippen MR) is 69.9 cm³/mol. The first-order chi connectivity index (χ1) is 7.86. The van der Waals surface area contributed by atoms with E-state index in [4.69, 9.17) is 4.18 Å². The fraction of sp³-hybridized carbons (Fsp3) is 1.00. The Kier molecular flexibility index (Phi) is 2.72. The first-order valence-corrected chi connectivity index (χ1v) is 8.05. The molecule has 98 valence electrons. The molecule has 0 saturated heterocycles. The lowest BCUT2D eigenvalue weighted by Gasteiger charge is -2.56. The van der Waals surface area contributed by atoms with Crippen molar-refractivity contribution < 1.29 is 8.39 Å². The van der Waals surface area contributed by atoms with Crippen molar-refractivity contribution in [3.63, 3.8) is 0 Å². The van der Waals surface area contributed by atoms with E-state index in [2.05, 4.69) is 0 Å². The highest BCUT2D eigenvalue weighted by atomic mass is 32.2. The van der Waals surface area contributed by atoms with Gasteiger partial charge in [0.2, 0.25) is 0 Å². The second-order valence-electron chi connectivity index (χ2n) is 7.53. The molecule has 1 unspecified atom stereocenters. The van der Waals surface area contributed by atoms with Gasteiger partial charge in [0, 0.05) is 0 Å². The largest absolute Gasteiger partial charge is 0.283 e. The fourth-order valence-corrected chi connectivity index (χ4v) is 5.19. The van der Waals surface area contributed by atoms with Crippen LogP contribution in [0, 0.1) is 17.8 Å². The van der Waals surface area contributed by atoms with Crippen LogP contribution in [0.4, 0.5) is 0 Å². The van der Waals surface area contributed by atoms with Gasteiger partial charge in [-0.3, -0.25) is 4.18 Å². The molecule has 4 aliphatic carbocycles. The van der Waals surface area contributed by atoms with Gasteiger partial charge in [0.05, 0.1) is 10.3 Å². The summed E-state index contributed by atoms with van der Waals surface area (Å²) in [7, 11) is 0. The number of rotatable bonds is 2. The molecule has 0 aromatic rings. The Bertz CT molecular complexity index is 307. The molecule has 4 fully saturated rings. The first-order valence-electron chi connectivity index (χ1n) is 6.98. The Morgan fingerprint density at radius 3 is 1.76 bits per heavy atom. The van der Waals surface area contributed by atoms with Gasteiger partial charge in [0.15, 0.2) is 11.1 Å². The minimum absolute atomic E-state index is 0.0209. The molecule has 4 aliphatic rings. The van der Waals surface area contributed by atoms with E-state index < -0.39 is 11.1 Å². The average Bonchev–Trinajstić information content (AvgIpc) is 2.12. The highest BCUT2D eigenvalue weighted by molar-refractivity contribution is 7.81. The summed E-state index contributed by atoms with van der Waals surface area (Å²) in [6, 6.07) is 0. The van der Waals surface area contributed by atoms with Gasteiger partial charge in [0.25, 0.3) is 0 Å². The summed E-state index contributed by atoms with van der Waals surface area (Å²) in [6.45, 7) is 6.01. The molecule has 4 rings (SSSR count). The summed E-state index contributed by atoms with van der Waals surface area (Å²) in [6.07, 6.45) is 7.72. The number of hydrogen-bond acceptors (Lipinski definition) is 2. The fourth-order valence-electron chi connectivity index (χ4n) is 4.42. The van der Waals surface area contributed by atoms with Crippen LogP contribution in [0.15, 0.2) is 0 Å². The quantitative estimate of drug-likeness (QED) is 0.756. The zero-order chi connectivity index (χ0) is 12.3. The molecule has 4 saturated carbocycles. The van der Waals surface area contributed by atoms with Crippen molar-refractivity contribution in [3.8, 4) is 0 Å². The van der Waals surface area contributed by atoms with Crippen LogP contribution in [-0.2, 0) is 15.3 Å². The third-order valence-electron chi connectivity index (χ3n) is 4.73. The van der Waals surface area contributed by atoms with Crippen molar-refractivity contribution in [1.29, 1.82) is 0 Å². The summed E-state index contributed by atoms with van der Waals surface area (Å²) < 4.78 is 18.1. The van der Waals surface area contributed by atoms with Gasteiger partial charge in [-0.25, -0.2) is 4.21 Å². The van der Waals surface area contributed by atoms with Crippen LogP contribution in [0.2, 0.25) is 0 Å². The summed E-state index contributed by atoms with van der Waals surface area (Å²) in [5, 5.41) is 0. The van der Waals surface area contributed by atoms with Crippen LogP contribution in [-0.4, -0.2) is 14.6 Å². The van der Waals surface area contributed by atoms with Gasteiger partial charge in [-0.2, -0.15) is 0 Å². The minimum Gasteiger partial charge on any atom is -0.283 e. The van der Waals surface area contributed by atoms with Crippen molar-refractivity contribution in [2.24, 2.45) is 17.8 Å². The molecule has 3 heteroatoms. The maximum absolute atomic E-state index is 12.2. The lowest BCUT2D eigenvalue weighted by molar-refractivity contribution is -0.102. The van der Waals surface area contributed by atoms with E-state index in [1.807, 2.05) is 20.8 Å². The van der Waals surface area contributed by atoms with E-state index in [0.717, 1.165) is 17.8 Å². The lowest BCUT2D eigenvalue weighted by atomic mass is 9.54. The molecule has 1 atom stereocenters.